The largest absolute Gasteiger partial charge is 0.313 e. The Bertz CT molecular complexity index is 869. The number of rotatable bonds is 7. The summed E-state index contributed by atoms with van der Waals surface area (Å²) in [5.41, 5.74) is 0.980. The maximum absolute atomic E-state index is 12.5. The molecule has 0 spiro atoms. The lowest BCUT2D eigenvalue weighted by atomic mass is 10.2. The molecule has 3 N–H and O–H groups in total. The number of nitrogens with two attached hydrogens (primary N) is 1. The summed E-state index contributed by atoms with van der Waals surface area (Å²) < 4.78 is 47.3. The number of hydrogen-bond acceptors (Lipinski definition) is 6. The molecule has 9 heteroatoms. The van der Waals surface area contributed by atoms with Gasteiger partial charge in [0.05, 0.1) is 4.90 Å². The average Bonchev–Trinajstić information content (AvgIpc) is 2.99. The maximum Gasteiger partial charge on any atom is 0.247 e. The van der Waals surface area contributed by atoms with E-state index >= 15 is 0 Å². The van der Waals surface area contributed by atoms with Crippen LogP contribution in [0.2, 0.25) is 0 Å². The van der Waals surface area contributed by atoms with Crippen LogP contribution in [0.5, 0.6) is 0 Å². The van der Waals surface area contributed by atoms with Gasteiger partial charge < -0.3 is 5.32 Å². The van der Waals surface area contributed by atoms with E-state index in [0.29, 0.717) is 17.9 Å². The molecule has 23 heavy (non-hydrogen) atoms. The van der Waals surface area contributed by atoms with Crippen molar-refractivity contribution in [3.8, 4) is 0 Å². The van der Waals surface area contributed by atoms with Gasteiger partial charge in [-0.3, -0.25) is 0 Å². The summed E-state index contributed by atoms with van der Waals surface area (Å²) in [7, 11) is -7.64. The smallest absolute Gasteiger partial charge is 0.247 e. The molecule has 0 radical (unpaired) electrons. The summed E-state index contributed by atoms with van der Waals surface area (Å²) in [6.45, 7) is 3.63. The van der Waals surface area contributed by atoms with Gasteiger partial charge in [0.15, 0.2) is 0 Å². The first-order valence-corrected chi connectivity index (χ1v) is 10.8. The van der Waals surface area contributed by atoms with Crippen LogP contribution in [0.1, 0.15) is 18.9 Å². The van der Waals surface area contributed by atoms with Gasteiger partial charge in [-0.05, 0) is 42.8 Å². The number of hydrogen-bond donors (Lipinski definition) is 2. The molecule has 0 saturated carbocycles. The molecular weight excluding hydrogens is 356 g/mol. The van der Waals surface area contributed by atoms with Crippen molar-refractivity contribution in [2.24, 2.45) is 5.14 Å². The van der Waals surface area contributed by atoms with Crippen molar-refractivity contribution in [1.82, 2.24) is 5.32 Å². The lowest BCUT2D eigenvalue weighted by Gasteiger charge is -2.05. The van der Waals surface area contributed by atoms with E-state index in [9.17, 15) is 16.8 Å². The SMILES string of the molecule is CCCNCc1ccc(S(=O)(=O)c2ccc(S(N)(=O)=O)s2)cc1. The molecule has 0 aliphatic rings. The summed E-state index contributed by atoms with van der Waals surface area (Å²) in [6.07, 6.45) is 1.03. The summed E-state index contributed by atoms with van der Waals surface area (Å²) in [5, 5.41) is 8.24. The number of sulfone groups is 1. The molecule has 0 aliphatic heterocycles. The van der Waals surface area contributed by atoms with Crippen molar-refractivity contribution in [3.05, 3.63) is 42.0 Å². The molecule has 2 rings (SSSR count). The quantitative estimate of drug-likeness (QED) is 0.718. The minimum absolute atomic E-state index is 0.0432. The van der Waals surface area contributed by atoms with Crippen LogP contribution in [0, 0.1) is 0 Å². The normalized spacial score (nSPS) is 12.4. The Morgan fingerprint density at radius 3 is 2.13 bits per heavy atom. The van der Waals surface area contributed by atoms with Gasteiger partial charge in [-0.1, -0.05) is 19.1 Å². The summed E-state index contributed by atoms with van der Waals surface area (Å²) in [6, 6.07) is 8.99. The lowest BCUT2D eigenvalue weighted by molar-refractivity contribution is 0.597. The third-order valence-electron chi connectivity index (χ3n) is 3.09. The van der Waals surface area contributed by atoms with Crippen molar-refractivity contribution in [1.29, 1.82) is 0 Å². The van der Waals surface area contributed by atoms with Crippen LogP contribution in [0.15, 0.2) is 49.7 Å². The zero-order valence-corrected chi connectivity index (χ0v) is 15.0. The van der Waals surface area contributed by atoms with Crippen molar-refractivity contribution in [3.63, 3.8) is 0 Å². The number of primary sulfonamides is 1. The minimum atomic E-state index is -3.90. The van der Waals surface area contributed by atoms with E-state index in [0.717, 1.165) is 18.5 Å². The zero-order valence-electron chi connectivity index (χ0n) is 12.5. The Labute approximate surface area is 140 Å². The highest BCUT2D eigenvalue weighted by Gasteiger charge is 2.22. The van der Waals surface area contributed by atoms with Crippen LogP contribution < -0.4 is 10.5 Å². The van der Waals surface area contributed by atoms with Gasteiger partial charge in [0, 0.05) is 6.54 Å². The molecule has 1 aromatic heterocycles. The minimum Gasteiger partial charge on any atom is -0.313 e. The molecule has 0 aliphatic carbocycles. The Balaban J connectivity index is 2.24. The third kappa shape index (κ3) is 4.39. The second-order valence-corrected chi connectivity index (χ2v) is 9.99. The van der Waals surface area contributed by atoms with Crippen LogP contribution in [0.4, 0.5) is 0 Å². The van der Waals surface area contributed by atoms with Gasteiger partial charge in [-0.2, -0.15) is 0 Å². The fourth-order valence-electron chi connectivity index (χ4n) is 1.91. The van der Waals surface area contributed by atoms with E-state index in [1.165, 1.54) is 24.3 Å². The van der Waals surface area contributed by atoms with Gasteiger partial charge in [0.2, 0.25) is 19.9 Å². The molecule has 0 fully saturated rings. The second kappa shape index (κ2) is 7.10. The van der Waals surface area contributed by atoms with Gasteiger partial charge >= 0.3 is 0 Å². The van der Waals surface area contributed by atoms with Crippen molar-refractivity contribution in [2.75, 3.05) is 6.54 Å². The topological polar surface area (TPSA) is 106 Å². The monoisotopic (exact) mass is 374 g/mol. The van der Waals surface area contributed by atoms with E-state index < -0.39 is 19.9 Å². The zero-order chi connectivity index (χ0) is 17.1. The Hall–Kier alpha value is -1.26. The average molecular weight is 375 g/mol. The standard InChI is InChI=1S/C14H18N2O4S3/c1-2-9-16-10-11-3-5-12(6-4-11)22(17,18)13-7-8-14(21-13)23(15,19)20/h3-8,16H,2,9-10H2,1H3,(H2,15,19,20). The van der Waals surface area contributed by atoms with Crippen molar-refractivity contribution < 1.29 is 16.8 Å². The molecule has 1 aromatic carbocycles. The fraction of sp³-hybridized carbons (Fsp3) is 0.286. The van der Waals surface area contributed by atoms with Gasteiger partial charge in [-0.25, -0.2) is 22.0 Å². The Morgan fingerprint density at radius 1 is 1.00 bits per heavy atom. The van der Waals surface area contributed by atoms with Crippen LogP contribution >= 0.6 is 11.3 Å². The predicted octanol–water partition coefficient (Wildman–Crippen LogP) is 1.73. The van der Waals surface area contributed by atoms with E-state index in [1.54, 1.807) is 12.1 Å². The van der Waals surface area contributed by atoms with E-state index in [1.807, 2.05) is 0 Å². The van der Waals surface area contributed by atoms with E-state index in [4.69, 9.17) is 5.14 Å². The van der Waals surface area contributed by atoms with Crippen molar-refractivity contribution in [2.45, 2.75) is 33.2 Å². The van der Waals surface area contributed by atoms with Gasteiger partial charge in [0.25, 0.3) is 0 Å². The molecule has 0 bridgehead atoms. The summed E-state index contributed by atoms with van der Waals surface area (Å²) in [5.74, 6) is 0. The molecule has 6 nitrogen and oxygen atoms in total. The molecule has 0 amide bonds. The Kier molecular flexibility index (Phi) is 5.58. The van der Waals surface area contributed by atoms with Gasteiger partial charge in [-0.15, -0.1) is 11.3 Å². The van der Waals surface area contributed by atoms with Crippen molar-refractivity contribution >= 4 is 31.2 Å². The third-order valence-corrected chi connectivity index (χ3v) is 7.88. The molecule has 0 unspecified atom stereocenters. The van der Waals surface area contributed by atoms with Crippen LogP contribution in [-0.2, 0) is 26.4 Å². The summed E-state index contributed by atoms with van der Waals surface area (Å²) >= 11 is 0.649. The highest BCUT2D eigenvalue weighted by molar-refractivity contribution is 7.95. The first-order chi connectivity index (χ1) is 10.7. The van der Waals surface area contributed by atoms with E-state index in [2.05, 4.69) is 12.2 Å². The lowest BCUT2D eigenvalue weighted by Crippen LogP contribution is -2.13. The molecule has 126 valence electrons. The second-order valence-electron chi connectivity index (χ2n) is 4.94. The predicted molar refractivity (Wildman–Crippen MR) is 89.6 cm³/mol. The molecule has 0 atom stereocenters. The van der Waals surface area contributed by atoms with Crippen LogP contribution in [0.25, 0.3) is 0 Å². The number of thiophene rings is 1. The van der Waals surface area contributed by atoms with Crippen LogP contribution in [0.3, 0.4) is 0 Å². The van der Waals surface area contributed by atoms with Gasteiger partial charge in [0.1, 0.15) is 8.42 Å². The highest BCUT2D eigenvalue weighted by Crippen LogP contribution is 2.29. The summed E-state index contributed by atoms with van der Waals surface area (Å²) in [4.78, 5) is 0.125. The Morgan fingerprint density at radius 2 is 1.61 bits per heavy atom. The van der Waals surface area contributed by atoms with E-state index in [-0.39, 0.29) is 13.3 Å². The molecule has 0 saturated heterocycles. The number of sulfonamides is 1. The molecule has 1 heterocycles. The van der Waals surface area contributed by atoms with Crippen LogP contribution in [-0.4, -0.2) is 23.4 Å². The molecular formula is C14H18N2O4S3. The first kappa shape index (κ1) is 18.1. The molecule has 2 aromatic rings. The number of benzene rings is 1. The first-order valence-electron chi connectivity index (χ1n) is 6.92. The fourth-order valence-corrected chi connectivity index (χ4v) is 5.50. The number of nitrogens with one attached hydrogen (secondary N) is 1. The maximum atomic E-state index is 12.5. The highest BCUT2D eigenvalue weighted by atomic mass is 32.3.